The molecule has 27 heavy (non-hydrogen) atoms. The van der Waals surface area contributed by atoms with E-state index >= 15 is 0 Å². The highest BCUT2D eigenvalue weighted by atomic mass is 16.6. The van der Waals surface area contributed by atoms with Gasteiger partial charge in [0.25, 0.3) is 0 Å². The minimum atomic E-state index is -0.228. The van der Waals surface area contributed by atoms with E-state index < -0.39 is 0 Å². The molecule has 1 saturated heterocycles. The van der Waals surface area contributed by atoms with Gasteiger partial charge in [-0.2, -0.15) is 0 Å². The van der Waals surface area contributed by atoms with Gasteiger partial charge in [0, 0.05) is 38.1 Å². The van der Waals surface area contributed by atoms with Crippen molar-refractivity contribution in [2.45, 2.75) is 50.6 Å². The molecule has 0 aromatic heterocycles. The molecule has 2 unspecified atom stereocenters. The first-order valence-corrected chi connectivity index (χ1v) is 10.1. The molecule has 1 aliphatic carbocycles. The first kappa shape index (κ1) is 18.1. The molecule has 1 aromatic carbocycles. The van der Waals surface area contributed by atoms with Crippen LogP contribution in [0.1, 0.15) is 44.1 Å². The molecule has 6 nitrogen and oxygen atoms in total. The quantitative estimate of drug-likeness (QED) is 0.745. The molecule has 4 rings (SSSR count). The standard InChI is InChI=1S/C21H29N3O3/c1-3-27-21(26)23-11-10-18-17(14-23)16-8-5-9-19(20(16)24(18)12-13-25)22(2)15-6-4-7-15/h5,8-9,13,15,17-18H,3-4,6-7,10-12,14H2,1-2H3. The third-order valence-electron chi connectivity index (χ3n) is 6.51. The Morgan fingerprint density at radius 3 is 2.81 bits per heavy atom. The monoisotopic (exact) mass is 371 g/mol. The predicted molar refractivity (Wildman–Crippen MR) is 106 cm³/mol. The molecular weight excluding hydrogens is 342 g/mol. The predicted octanol–water partition coefficient (Wildman–Crippen LogP) is 3.01. The van der Waals surface area contributed by atoms with Crippen molar-refractivity contribution in [2.75, 3.05) is 43.1 Å². The maximum atomic E-state index is 12.2. The van der Waals surface area contributed by atoms with E-state index in [1.807, 2.05) is 11.8 Å². The van der Waals surface area contributed by atoms with Gasteiger partial charge in [0.15, 0.2) is 0 Å². The van der Waals surface area contributed by atoms with Gasteiger partial charge in [-0.25, -0.2) is 4.79 Å². The van der Waals surface area contributed by atoms with Gasteiger partial charge in [-0.05, 0) is 44.2 Å². The van der Waals surface area contributed by atoms with Crippen LogP contribution in [0.3, 0.4) is 0 Å². The van der Waals surface area contributed by atoms with Gasteiger partial charge in [0.2, 0.25) is 0 Å². The summed E-state index contributed by atoms with van der Waals surface area (Å²) < 4.78 is 5.22. The van der Waals surface area contributed by atoms with E-state index in [9.17, 15) is 9.59 Å². The van der Waals surface area contributed by atoms with Crippen molar-refractivity contribution in [3.63, 3.8) is 0 Å². The van der Waals surface area contributed by atoms with Gasteiger partial charge in [-0.15, -0.1) is 0 Å². The zero-order valence-corrected chi connectivity index (χ0v) is 16.3. The highest BCUT2D eigenvalue weighted by Crippen LogP contribution is 2.49. The Morgan fingerprint density at radius 1 is 1.33 bits per heavy atom. The van der Waals surface area contributed by atoms with Gasteiger partial charge in [0.1, 0.15) is 6.29 Å². The number of benzene rings is 1. The van der Waals surface area contributed by atoms with Crippen molar-refractivity contribution in [3.8, 4) is 0 Å². The molecule has 0 spiro atoms. The second kappa shape index (κ2) is 7.41. The third kappa shape index (κ3) is 3.05. The maximum Gasteiger partial charge on any atom is 0.409 e. The molecule has 0 bridgehead atoms. The lowest BCUT2D eigenvalue weighted by Gasteiger charge is -2.40. The van der Waals surface area contributed by atoms with Crippen LogP contribution in [0.5, 0.6) is 0 Å². The summed E-state index contributed by atoms with van der Waals surface area (Å²) in [6.07, 6.45) is 5.40. The Morgan fingerprint density at radius 2 is 2.15 bits per heavy atom. The Balaban J connectivity index is 1.67. The van der Waals surface area contributed by atoms with Crippen LogP contribution in [0, 0.1) is 0 Å². The van der Waals surface area contributed by atoms with Gasteiger partial charge < -0.3 is 24.2 Å². The van der Waals surface area contributed by atoms with Crippen molar-refractivity contribution in [1.82, 2.24) is 4.90 Å². The van der Waals surface area contributed by atoms with Crippen LogP contribution in [-0.2, 0) is 9.53 Å². The summed E-state index contributed by atoms with van der Waals surface area (Å²) in [5, 5.41) is 0. The fourth-order valence-corrected chi connectivity index (χ4v) is 4.89. The van der Waals surface area contributed by atoms with E-state index in [4.69, 9.17) is 4.74 Å². The number of ether oxygens (including phenoxy) is 1. The molecular formula is C21H29N3O3. The number of anilines is 2. The zero-order chi connectivity index (χ0) is 19.0. The number of fused-ring (bicyclic) bond motifs is 3. The van der Waals surface area contributed by atoms with Crippen LogP contribution in [-0.4, -0.2) is 62.7 Å². The number of aldehydes is 1. The molecule has 6 heteroatoms. The second-order valence-electron chi connectivity index (χ2n) is 7.84. The lowest BCUT2D eigenvalue weighted by atomic mass is 9.88. The van der Waals surface area contributed by atoms with Crippen molar-refractivity contribution < 1.29 is 14.3 Å². The zero-order valence-electron chi connectivity index (χ0n) is 16.3. The lowest BCUT2D eigenvalue weighted by molar-refractivity contribution is -0.106. The molecule has 1 amide bonds. The third-order valence-corrected chi connectivity index (χ3v) is 6.51. The summed E-state index contributed by atoms with van der Waals surface area (Å²) in [5.41, 5.74) is 3.68. The average Bonchev–Trinajstić information content (AvgIpc) is 2.94. The minimum Gasteiger partial charge on any atom is -0.450 e. The average molecular weight is 371 g/mol. The number of piperidine rings is 1. The topological polar surface area (TPSA) is 53.1 Å². The number of para-hydroxylation sites is 1. The smallest absolute Gasteiger partial charge is 0.409 e. The first-order valence-electron chi connectivity index (χ1n) is 10.1. The molecule has 2 fully saturated rings. The molecule has 2 atom stereocenters. The molecule has 2 aliphatic heterocycles. The Labute approximate surface area is 161 Å². The van der Waals surface area contributed by atoms with Crippen molar-refractivity contribution in [2.24, 2.45) is 0 Å². The van der Waals surface area contributed by atoms with Crippen LogP contribution in [0.4, 0.5) is 16.2 Å². The van der Waals surface area contributed by atoms with Crippen LogP contribution in [0.25, 0.3) is 0 Å². The lowest BCUT2D eigenvalue weighted by Crippen LogP contribution is -2.48. The van der Waals surface area contributed by atoms with E-state index in [-0.39, 0.29) is 18.1 Å². The highest BCUT2D eigenvalue weighted by Gasteiger charge is 2.44. The van der Waals surface area contributed by atoms with E-state index in [0.29, 0.717) is 32.3 Å². The largest absolute Gasteiger partial charge is 0.450 e. The SMILES string of the molecule is CCOC(=O)N1CCC2C(C1)c1cccc(N(C)C3CCC3)c1N2CC=O. The van der Waals surface area contributed by atoms with Crippen LogP contribution in [0.15, 0.2) is 18.2 Å². The molecule has 146 valence electrons. The van der Waals surface area contributed by atoms with Crippen LogP contribution in [0.2, 0.25) is 0 Å². The molecule has 1 saturated carbocycles. The summed E-state index contributed by atoms with van der Waals surface area (Å²) in [5.74, 6) is 0.229. The van der Waals surface area contributed by atoms with Crippen LogP contribution < -0.4 is 9.80 Å². The molecule has 0 radical (unpaired) electrons. The molecule has 3 aliphatic rings. The highest BCUT2D eigenvalue weighted by molar-refractivity contribution is 5.82. The van der Waals surface area contributed by atoms with Gasteiger partial charge in [0.05, 0.1) is 24.5 Å². The number of carbonyl (C=O) groups is 2. The Bertz CT molecular complexity index is 719. The van der Waals surface area contributed by atoms with Crippen molar-refractivity contribution in [3.05, 3.63) is 23.8 Å². The summed E-state index contributed by atoms with van der Waals surface area (Å²) in [6.45, 7) is 3.97. The molecule has 2 heterocycles. The van der Waals surface area contributed by atoms with Gasteiger partial charge in [-0.3, -0.25) is 0 Å². The van der Waals surface area contributed by atoms with Crippen molar-refractivity contribution >= 4 is 23.8 Å². The van der Waals surface area contributed by atoms with Gasteiger partial charge in [-0.1, -0.05) is 12.1 Å². The van der Waals surface area contributed by atoms with E-state index in [0.717, 1.165) is 12.7 Å². The summed E-state index contributed by atoms with van der Waals surface area (Å²) >= 11 is 0. The number of carbonyl (C=O) groups excluding carboxylic acids is 2. The van der Waals surface area contributed by atoms with E-state index in [2.05, 4.69) is 35.0 Å². The van der Waals surface area contributed by atoms with E-state index in [1.54, 1.807) is 0 Å². The number of likely N-dealkylation sites (tertiary alicyclic amines) is 1. The summed E-state index contributed by atoms with van der Waals surface area (Å²) in [7, 11) is 2.17. The fraction of sp³-hybridized carbons (Fsp3) is 0.619. The number of nitrogens with zero attached hydrogens (tertiary/aromatic N) is 3. The van der Waals surface area contributed by atoms with Gasteiger partial charge >= 0.3 is 6.09 Å². The maximum absolute atomic E-state index is 12.2. The van der Waals surface area contributed by atoms with Crippen molar-refractivity contribution in [1.29, 1.82) is 0 Å². The number of hydrogen-bond donors (Lipinski definition) is 0. The normalized spacial score (nSPS) is 24.1. The number of hydrogen-bond acceptors (Lipinski definition) is 5. The first-order chi connectivity index (χ1) is 13.2. The van der Waals surface area contributed by atoms with E-state index in [1.165, 1.54) is 36.2 Å². The summed E-state index contributed by atoms with van der Waals surface area (Å²) in [4.78, 5) is 30.2. The minimum absolute atomic E-state index is 0.228. The Hall–Kier alpha value is -2.24. The number of amides is 1. The number of rotatable bonds is 5. The summed E-state index contributed by atoms with van der Waals surface area (Å²) in [6, 6.07) is 7.33. The van der Waals surface area contributed by atoms with Crippen LogP contribution >= 0.6 is 0 Å². The molecule has 0 N–H and O–H groups in total. The Kier molecular flexibility index (Phi) is 4.98. The fourth-order valence-electron chi connectivity index (χ4n) is 4.89. The molecule has 1 aromatic rings. The second-order valence-corrected chi connectivity index (χ2v) is 7.84.